The minimum Gasteiger partial charge on any atom is -0.761 e. The molecule has 0 heterocycles. The first-order valence-corrected chi connectivity index (χ1v) is 14.3. The van der Waals surface area contributed by atoms with E-state index in [2.05, 4.69) is 0 Å². The Morgan fingerprint density at radius 1 is 0.769 bits per heavy atom. The molecule has 1 unspecified atom stereocenters. The van der Waals surface area contributed by atoms with E-state index in [1.54, 1.807) is 36.4 Å². The topological polar surface area (TPSA) is 190 Å². The third-order valence-electron chi connectivity index (χ3n) is 4.41. The first-order chi connectivity index (χ1) is 17.7. The number of ether oxygens (including phenoxy) is 2. The molecule has 0 aliphatic heterocycles. The van der Waals surface area contributed by atoms with Crippen molar-refractivity contribution >= 4 is 31.2 Å². The molecule has 0 fully saturated rings. The van der Waals surface area contributed by atoms with Gasteiger partial charge in [-0.05, 0) is 24.3 Å². The van der Waals surface area contributed by atoms with Crippen molar-refractivity contribution in [1.82, 2.24) is 0 Å². The van der Waals surface area contributed by atoms with Crippen LogP contribution in [0.5, 0.6) is 11.5 Å². The van der Waals surface area contributed by atoms with Crippen molar-refractivity contribution in [3.8, 4) is 11.5 Å². The highest BCUT2D eigenvalue weighted by molar-refractivity contribution is 8.59. The summed E-state index contributed by atoms with van der Waals surface area (Å²) in [5.74, 6) is -1.05. The van der Waals surface area contributed by atoms with Crippen LogP contribution in [0.2, 0.25) is 0 Å². The fourth-order valence-electron chi connectivity index (χ4n) is 2.27. The molecule has 2 N–H and O–H groups in total. The zero-order valence-electron chi connectivity index (χ0n) is 22.7. The van der Waals surface area contributed by atoms with Gasteiger partial charge in [0.25, 0.3) is 0 Å². The molecule has 2 rings (SSSR count). The van der Waals surface area contributed by atoms with Crippen molar-refractivity contribution in [2.45, 2.75) is 0 Å². The van der Waals surface area contributed by atoms with E-state index in [1.165, 1.54) is 12.1 Å². The number of para-hydroxylation sites is 2. The summed E-state index contributed by atoms with van der Waals surface area (Å²) in [5, 5.41) is 18.9. The molecule has 0 aromatic heterocycles. The number of carbonyl (C=O) groups excluding carboxylic acids is 2. The van der Waals surface area contributed by atoms with Crippen LogP contribution >= 0.6 is 0 Å². The number of phenols is 2. The number of quaternary nitrogens is 2. The van der Waals surface area contributed by atoms with Gasteiger partial charge in [0.05, 0.1) is 52.4 Å². The van der Waals surface area contributed by atoms with Crippen LogP contribution in [-0.2, 0) is 28.7 Å². The van der Waals surface area contributed by atoms with Crippen LogP contribution in [0.3, 0.4) is 0 Å². The highest BCUT2D eigenvalue weighted by Gasteiger charge is 2.15. The molecule has 0 spiro atoms. The molecule has 0 aliphatic carbocycles. The fraction of sp³-hybridized carbons (Fsp3) is 0.417. The summed E-state index contributed by atoms with van der Waals surface area (Å²) in [5.41, 5.74) is 0.424. The fourth-order valence-corrected chi connectivity index (χ4v) is 2.27. The van der Waals surface area contributed by atoms with E-state index in [0.29, 0.717) is 13.2 Å². The second kappa shape index (κ2) is 16.1. The average Bonchev–Trinajstić information content (AvgIpc) is 2.78. The summed E-state index contributed by atoms with van der Waals surface area (Å²) in [6, 6.07) is 12.7. The second-order valence-electron chi connectivity index (χ2n) is 9.95. The number of hydrogen-bond acceptors (Lipinski definition) is 11. The molecule has 2 aromatic rings. The summed E-state index contributed by atoms with van der Waals surface area (Å²) < 4.78 is 57.3. The molecule has 39 heavy (non-hydrogen) atoms. The van der Waals surface area contributed by atoms with Gasteiger partial charge in [-0.2, -0.15) is 0 Å². The number of nitrogens with zero attached hydrogens (tertiary/aromatic N) is 2. The van der Waals surface area contributed by atoms with Crippen LogP contribution in [0.1, 0.15) is 20.7 Å². The van der Waals surface area contributed by atoms with E-state index in [4.69, 9.17) is 31.2 Å². The SMILES string of the molecule is C[N+](C)(C)CCOC(=O)c1ccccc1O.C[N+](C)(C)CCOC(=O)c1ccccc1O.O=S([O-])S(=O)(=O)[O-]. The minimum atomic E-state index is -5.07. The quantitative estimate of drug-likeness (QED) is 0.138. The van der Waals surface area contributed by atoms with Gasteiger partial charge in [0.1, 0.15) is 48.9 Å². The summed E-state index contributed by atoms with van der Waals surface area (Å²) >= 11 is 0. The van der Waals surface area contributed by atoms with E-state index in [1.807, 2.05) is 42.3 Å². The Labute approximate surface area is 230 Å². The van der Waals surface area contributed by atoms with Crippen molar-refractivity contribution < 1.29 is 60.0 Å². The smallest absolute Gasteiger partial charge is 0.342 e. The molecular weight excluding hydrogens is 556 g/mol. The predicted octanol–water partition coefficient (Wildman–Crippen LogP) is 0.836. The van der Waals surface area contributed by atoms with E-state index in [0.717, 1.165) is 22.1 Å². The molecule has 15 heteroatoms. The number of hydrogen-bond donors (Lipinski definition) is 2. The normalized spacial score (nSPS) is 12.1. The zero-order valence-corrected chi connectivity index (χ0v) is 24.4. The van der Waals surface area contributed by atoms with Crippen molar-refractivity contribution in [3.05, 3.63) is 59.7 Å². The van der Waals surface area contributed by atoms with Crippen LogP contribution in [0.15, 0.2) is 48.5 Å². The molecule has 0 bridgehead atoms. The summed E-state index contributed by atoms with van der Waals surface area (Å²) in [6.45, 7) is 2.16. The third kappa shape index (κ3) is 17.2. The number of rotatable bonds is 9. The molecule has 0 saturated carbocycles. The number of esters is 2. The molecular formula is C24H36N2O11S2. The average molecular weight is 593 g/mol. The predicted molar refractivity (Wildman–Crippen MR) is 141 cm³/mol. The van der Waals surface area contributed by atoms with E-state index >= 15 is 0 Å². The van der Waals surface area contributed by atoms with Crippen molar-refractivity contribution in [2.24, 2.45) is 0 Å². The Hall–Kier alpha value is -3.08. The van der Waals surface area contributed by atoms with Gasteiger partial charge in [-0.1, -0.05) is 24.3 Å². The van der Waals surface area contributed by atoms with Gasteiger partial charge < -0.3 is 37.8 Å². The van der Waals surface area contributed by atoms with Crippen molar-refractivity contribution in [3.63, 3.8) is 0 Å². The van der Waals surface area contributed by atoms with Crippen LogP contribution in [0, 0.1) is 0 Å². The molecule has 220 valence electrons. The van der Waals surface area contributed by atoms with Gasteiger partial charge in [0.2, 0.25) is 0 Å². The Morgan fingerprint density at radius 2 is 1.05 bits per heavy atom. The number of phenolic OH excluding ortho intramolecular Hbond substituents is 2. The Morgan fingerprint density at radius 3 is 1.28 bits per heavy atom. The van der Waals surface area contributed by atoms with Crippen LogP contribution in [0.25, 0.3) is 0 Å². The molecule has 0 saturated heterocycles. The van der Waals surface area contributed by atoms with Gasteiger partial charge in [0, 0.05) is 0 Å². The Bertz CT molecular complexity index is 1130. The highest BCUT2D eigenvalue weighted by atomic mass is 33.2. The number of aromatic hydroxyl groups is 2. The van der Waals surface area contributed by atoms with Crippen LogP contribution in [0.4, 0.5) is 0 Å². The number of carbonyl (C=O) groups is 2. The van der Waals surface area contributed by atoms with Crippen LogP contribution < -0.4 is 0 Å². The number of benzene rings is 2. The maximum absolute atomic E-state index is 11.6. The molecule has 2 aromatic carbocycles. The lowest BCUT2D eigenvalue weighted by Gasteiger charge is -2.23. The Balaban J connectivity index is 0.000000600. The maximum atomic E-state index is 11.6. The molecule has 1 atom stereocenters. The van der Waals surface area contributed by atoms with Gasteiger partial charge in [-0.25, -0.2) is 18.0 Å². The largest absolute Gasteiger partial charge is 0.761 e. The first kappa shape index (κ1) is 35.9. The van der Waals surface area contributed by atoms with Gasteiger partial charge in [-0.15, -0.1) is 0 Å². The van der Waals surface area contributed by atoms with Gasteiger partial charge in [-0.3, -0.25) is 4.21 Å². The highest BCUT2D eigenvalue weighted by Crippen LogP contribution is 2.17. The third-order valence-corrected chi connectivity index (χ3v) is 5.74. The minimum absolute atomic E-state index is 0.0438. The lowest BCUT2D eigenvalue weighted by atomic mass is 10.2. The Kier molecular flexibility index (Phi) is 14.8. The summed E-state index contributed by atoms with van der Waals surface area (Å²) in [6.07, 6.45) is 0. The number of likely N-dealkylation sites (N-methyl/N-ethyl adjacent to an activating group) is 2. The first-order valence-electron chi connectivity index (χ1n) is 11.3. The van der Waals surface area contributed by atoms with Crippen molar-refractivity contribution in [2.75, 3.05) is 68.6 Å². The maximum Gasteiger partial charge on any atom is 0.342 e. The monoisotopic (exact) mass is 592 g/mol. The standard InChI is InChI=1S/2C12H17NO3.H2O5S2/c2*1-13(2,3)8-9-16-12(15)10-6-4-5-7-11(10)14;1-6(2)7(3,4)5/h2*4-7H,8-9H2,1-3H3;(H,1,2)(H,3,4,5). The lowest BCUT2D eigenvalue weighted by molar-refractivity contribution is -0.870. The van der Waals surface area contributed by atoms with Gasteiger partial charge in [0.15, 0.2) is 9.15 Å². The van der Waals surface area contributed by atoms with Crippen LogP contribution in [-0.4, -0.2) is 121 Å². The zero-order chi connectivity index (χ0) is 30.4. The van der Waals surface area contributed by atoms with E-state index in [9.17, 15) is 19.8 Å². The summed E-state index contributed by atoms with van der Waals surface area (Å²) in [4.78, 5) is 23.1. The second-order valence-corrected chi connectivity index (χ2v) is 13.2. The van der Waals surface area contributed by atoms with Crippen molar-refractivity contribution in [1.29, 1.82) is 0 Å². The van der Waals surface area contributed by atoms with E-state index in [-0.39, 0.29) is 22.6 Å². The molecule has 0 amide bonds. The molecule has 0 aliphatic rings. The van der Waals surface area contributed by atoms with E-state index < -0.39 is 31.2 Å². The lowest BCUT2D eigenvalue weighted by Crippen LogP contribution is -2.38. The van der Waals surface area contributed by atoms with Gasteiger partial charge >= 0.3 is 11.9 Å². The molecule has 13 nitrogen and oxygen atoms in total. The summed E-state index contributed by atoms with van der Waals surface area (Å²) in [7, 11) is 3.54. The molecule has 0 radical (unpaired) electrons.